The molecule has 1 heterocycles. The summed E-state index contributed by atoms with van der Waals surface area (Å²) in [6, 6.07) is 5.23. The minimum Gasteiger partial charge on any atom is -0.352 e. The second-order valence-corrected chi connectivity index (χ2v) is 9.61. The molecule has 2 aromatic rings. The van der Waals surface area contributed by atoms with Gasteiger partial charge in [0.1, 0.15) is 0 Å². The van der Waals surface area contributed by atoms with Gasteiger partial charge in [0.15, 0.2) is 5.13 Å². The zero-order chi connectivity index (χ0) is 17.6. The number of nitrogens with zero attached hydrogens (tertiary/aromatic N) is 1. The van der Waals surface area contributed by atoms with Crippen molar-refractivity contribution in [1.29, 1.82) is 0 Å². The van der Waals surface area contributed by atoms with E-state index in [4.69, 9.17) is 0 Å². The van der Waals surface area contributed by atoms with Gasteiger partial charge in [0.25, 0.3) is 5.91 Å². The highest BCUT2D eigenvalue weighted by atomic mass is 32.2. The zero-order valence-electron chi connectivity index (χ0n) is 13.7. The normalized spacial score (nSPS) is 24.8. The third-order valence-corrected chi connectivity index (χ3v) is 6.49. The van der Waals surface area contributed by atoms with Crippen LogP contribution in [0.5, 0.6) is 0 Å². The fourth-order valence-corrected chi connectivity index (χ4v) is 5.46. The first-order chi connectivity index (χ1) is 11.9. The number of aromatic nitrogens is 1. The van der Waals surface area contributed by atoms with Crippen LogP contribution in [0.2, 0.25) is 0 Å². The largest absolute Gasteiger partial charge is 0.352 e. The molecule has 8 heteroatoms. The van der Waals surface area contributed by atoms with Crippen LogP contribution in [0.1, 0.15) is 23.2 Å². The Hall–Kier alpha value is -1.93. The van der Waals surface area contributed by atoms with Crippen LogP contribution in [0, 0.1) is 17.8 Å². The van der Waals surface area contributed by atoms with Crippen LogP contribution in [-0.4, -0.2) is 32.1 Å². The highest BCUT2D eigenvalue weighted by molar-refractivity contribution is 7.92. The summed E-state index contributed by atoms with van der Waals surface area (Å²) in [5.41, 5.74) is 1.24. The standard InChI is InChI=1S/C17H19N3O3S2/c1-25(22,23)20-17-19-14-5-4-12(8-15(14)24-17)16(21)18-9-13-7-10-2-3-11(13)6-10/h2-5,8,10-11,13H,6-7,9H2,1H3,(H,18,21)(H,19,20)/t10-,11+,13-/m0/s1. The number of amides is 1. The van der Waals surface area contributed by atoms with E-state index in [1.54, 1.807) is 18.2 Å². The molecule has 1 fully saturated rings. The fourth-order valence-electron chi connectivity index (χ4n) is 3.72. The Morgan fingerprint density at radius 3 is 2.84 bits per heavy atom. The van der Waals surface area contributed by atoms with E-state index in [-0.39, 0.29) is 5.91 Å². The van der Waals surface area contributed by atoms with Crippen molar-refractivity contribution in [1.82, 2.24) is 10.3 Å². The molecule has 1 aromatic heterocycles. The number of allylic oxidation sites excluding steroid dienone is 2. The minimum atomic E-state index is -3.36. The Bertz CT molecular complexity index is 965. The van der Waals surface area contributed by atoms with Crippen molar-refractivity contribution < 1.29 is 13.2 Å². The molecular formula is C17H19N3O3S2. The van der Waals surface area contributed by atoms with Crippen molar-refractivity contribution >= 4 is 42.6 Å². The van der Waals surface area contributed by atoms with Crippen LogP contribution in [0.15, 0.2) is 30.4 Å². The molecule has 2 bridgehead atoms. The lowest BCUT2D eigenvalue weighted by Gasteiger charge is -2.18. The van der Waals surface area contributed by atoms with E-state index < -0.39 is 10.0 Å². The number of hydrogen-bond acceptors (Lipinski definition) is 5. The van der Waals surface area contributed by atoms with Gasteiger partial charge in [0, 0.05) is 12.1 Å². The maximum absolute atomic E-state index is 12.4. The molecule has 4 rings (SSSR count). The summed E-state index contributed by atoms with van der Waals surface area (Å²) in [5, 5.41) is 3.34. The van der Waals surface area contributed by atoms with E-state index >= 15 is 0 Å². The Balaban J connectivity index is 1.45. The summed E-state index contributed by atoms with van der Waals surface area (Å²) < 4.78 is 25.8. The molecule has 3 atom stereocenters. The highest BCUT2D eigenvalue weighted by Crippen LogP contribution is 2.43. The number of carbonyl (C=O) groups is 1. The summed E-state index contributed by atoms with van der Waals surface area (Å²) in [6.07, 6.45) is 8.05. The van der Waals surface area contributed by atoms with Crippen molar-refractivity contribution in [3.63, 3.8) is 0 Å². The lowest BCUT2D eigenvalue weighted by molar-refractivity contribution is 0.0945. The number of rotatable bonds is 5. The average Bonchev–Trinajstić information content (AvgIpc) is 3.24. The number of nitrogens with one attached hydrogen (secondary N) is 2. The lowest BCUT2D eigenvalue weighted by Crippen LogP contribution is -2.30. The first-order valence-electron chi connectivity index (χ1n) is 8.22. The Kier molecular flexibility index (Phi) is 4.04. The van der Waals surface area contributed by atoms with Gasteiger partial charge in [-0.3, -0.25) is 9.52 Å². The van der Waals surface area contributed by atoms with E-state index in [1.165, 1.54) is 17.8 Å². The number of thiazole rings is 1. The van der Waals surface area contributed by atoms with Gasteiger partial charge in [-0.25, -0.2) is 13.4 Å². The number of hydrogen-bond donors (Lipinski definition) is 2. The molecule has 0 spiro atoms. The van der Waals surface area contributed by atoms with E-state index in [9.17, 15) is 13.2 Å². The molecule has 2 aliphatic rings. The zero-order valence-corrected chi connectivity index (χ0v) is 15.4. The molecule has 1 aromatic carbocycles. The van der Waals surface area contributed by atoms with Crippen LogP contribution in [0.25, 0.3) is 10.2 Å². The molecule has 132 valence electrons. The first kappa shape index (κ1) is 16.5. The molecule has 2 aliphatic carbocycles. The van der Waals surface area contributed by atoms with Gasteiger partial charge < -0.3 is 5.32 Å². The van der Waals surface area contributed by atoms with Crippen LogP contribution in [0.3, 0.4) is 0 Å². The molecule has 0 radical (unpaired) electrons. The number of carbonyl (C=O) groups excluding carboxylic acids is 1. The second kappa shape index (κ2) is 6.10. The molecular weight excluding hydrogens is 358 g/mol. The van der Waals surface area contributed by atoms with Crippen LogP contribution in [-0.2, 0) is 10.0 Å². The average molecular weight is 377 g/mol. The summed E-state index contributed by atoms with van der Waals surface area (Å²) in [4.78, 5) is 16.7. The van der Waals surface area contributed by atoms with Gasteiger partial charge in [0.2, 0.25) is 10.0 Å². The van der Waals surface area contributed by atoms with Crippen LogP contribution < -0.4 is 10.0 Å². The van der Waals surface area contributed by atoms with Crippen LogP contribution >= 0.6 is 11.3 Å². The molecule has 0 aliphatic heterocycles. The summed E-state index contributed by atoms with van der Waals surface area (Å²) in [5.74, 6) is 1.75. The van der Waals surface area contributed by atoms with Gasteiger partial charge in [-0.15, -0.1) is 0 Å². The minimum absolute atomic E-state index is 0.0975. The van der Waals surface area contributed by atoms with E-state index in [0.29, 0.717) is 40.5 Å². The lowest BCUT2D eigenvalue weighted by atomic mass is 9.93. The number of fused-ring (bicyclic) bond motifs is 3. The fraction of sp³-hybridized carbons (Fsp3) is 0.412. The van der Waals surface area contributed by atoms with Gasteiger partial charge in [0.05, 0.1) is 16.5 Å². The van der Waals surface area contributed by atoms with Crippen molar-refractivity contribution in [3.8, 4) is 0 Å². The first-order valence-corrected chi connectivity index (χ1v) is 10.9. The summed E-state index contributed by atoms with van der Waals surface area (Å²) >= 11 is 1.22. The van der Waals surface area contributed by atoms with Crippen molar-refractivity contribution in [3.05, 3.63) is 35.9 Å². The number of sulfonamides is 1. The van der Waals surface area contributed by atoms with Gasteiger partial charge in [-0.1, -0.05) is 23.5 Å². The van der Waals surface area contributed by atoms with Crippen molar-refractivity contribution in [2.45, 2.75) is 12.8 Å². The molecule has 6 nitrogen and oxygen atoms in total. The maximum Gasteiger partial charge on any atom is 0.251 e. The predicted molar refractivity (Wildman–Crippen MR) is 99.3 cm³/mol. The van der Waals surface area contributed by atoms with Gasteiger partial charge >= 0.3 is 0 Å². The molecule has 0 unspecified atom stereocenters. The SMILES string of the molecule is CS(=O)(=O)Nc1nc2ccc(C(=O)NC[C@@H]3C[C@H]4C=C[C@@H]3C4)cc2s1. The smallest absolute Gasteiger partial charge is 0.251 e. The van der Waals surface area contributed by atoms with Crippen LogP contribution in [0.4, 0.5) is 5.13 Å². The highest BCUT2D eigenvalue weighted by Gasteiger charge is 2.35. The predicted octanol–water partition coefficient (Wildman–Crippen LogP) is 2.61. The molecule has 25 heavy (non-hydrogen) atoms. The monoisotopic (exact) mass is 377 g/mol. The topological polar surface area (TPSA) is 88.2 Å². The van der Waals surface area contributed by atoms with Gasteiger partial charge in [-0.2, -0.15) is 0 Å². The van der Waals surface area contributed by atoms with Crippen molar-refractivity contribution in [2.75, 3.05) is 17.5 Å². The summed E-state index contributed by atoms with van der Waals surface area (Å²) in [6.45, 7) is 0.700. The quantitative estimate of drug-likeness (QED) is 0.784. The Morgan fingerprint density at radius 2 is 2.16 bits per heavy atom. The van der Waals surface area contributed by atoms with E-state index in [0.717, 1.165) is 17.4 Å². The molecule has 1 saturated carbocycles. The number of benzene rings is 1. The Labute approximate surface area is 150 Å². The number of anilines is 1. The molecule has 0 saturated heterocycles. The molecule has 1 amide bonds. The third kappa shape index (κ3) is 3.55. The Morgan fingerprint density at radius 1 is 1.32 bits per heavy atom. The summed E-state index contributed by atoms with van der Waals surface area (Å²) in [7, 11) is -3.36. The third-order valence-electron chi connectivity index (χ3n) is 4.86. The van der Waals surface area contributed by atoms with E-state index in [2.05, 4.69) is 27.2 Å². The van der Waals surface area contributed by atoms with E-state index in [1.807, 2.05) is 0 Å². The van der Waals surface area contributed by atoms with Crippen molar-refractivity contribution in [2.24, 2.45) is 17.8 Å². The van der Waals surface area contributed by atoms with Gasteiger partial charge in [-0.05, 0) is 48.8 Å². The molecule has 2 N–H and O–H groups in total. The maximum atomic E-state index is 12.4. The second-order valence-electron chi connectivity index (χ2n) is 6.83.